The van der Waals surface area contributed by atoms with E-state index in [1.54, 1.807) is 24.7 Å². The molecular formula is C22H18F3N5O2. The van der Waals surface area contributed by atoms with Crippen LogP contribution in [0.1, 0.15) is 17.5 Å². The van der Waals surface area contributed by atoms with E-state index in [1.165, 1.54) is 12.1 Å². The summed E-state index contributed by atoms with van der Waals surface area (Å²) in [5.41, 5.74) is 7.06. The Labute approximate surface area is 180 Å². The van der Waals surface area contributed by atoms with Crippen molar-refractivity contribution in [3.8, 4) is 11.1 Å². The van der Waals surface area contributed by atoms with Crippen molar-refractivity contribution in [3.05, 3.63) is 71.4 Å². The van der Waals surface area contributed by atoms with Crippen LogP contribution >= 0.6 is 0 Å². The van der Waals surface area contributed by atoms with E-state index < -0.39 is 29.5 Å². The Morgan fingerprint density at radius 3 is 2.44 bits per heavy atom. The Balaban J connectivity index is 1.63. The van der Waals surface area contributed by atoms with Gasteiger partial charge >= 0.3 is 0 Å². The number of carbonyl (C=O) groups is 1. The zero-order chi connectivity index (χ0) is 23.2. The number of anilines is 2. The SMILES string of the molecule is Cc1nc(N)c2c(-c3ccc(NC(=O)C(O)c4cc(F)cc(F)c4)cc3F)cn(C)c2n1. The third-order valence-electron chi connectivity index (χ3n) is 4.93. The quantitative estimate of drug-likeness (QED) is 0.449. The first-order valence-corrected chi connectivity index (χ1v) is 9.48. The molecule has 0 saturated heterocycles. The molecule has 4 N–H and O–H groups in total. The number of nitrogens with two attached hydrogens (primary N) is 1. The standard InChI is InChI=1S/C22H18F3N5O2/c1-10-27-20(26)18-16(9-30(2)21(18)28-10)15-4-3-14(8-17(15)25)29-22(32)19(31)11-5-12(23)7-13(24)6-11/h3-9,19,31H,1-2H3,(H,29,32)(H2,26,27,28). The maximum Gasteiger partial charge on any atom is 0.257 e. The minimum absolute atomic E-state index is 0.0486. The predicted octanol–water partition coefficient (Wildman–Crippen LogP) is 3.62. The summed E-state index contributed by atoms with van der Waals surface area (Å²) in [6, 6.07) is 6.23. The fourth-order valence-electron chi connectivity index (χ4n) is 3.52. The van der Waals surface area contributed by atoms with Crippen LogP contribution in [0.15, 0.2) is 42.6 Å². The number of nitrogens with zero attached hydrogens (tertiary/aromatic N) is 3. The van der Waals surface area contributed by atoms with Gasteiger partial charge in [-0.15, -0.1) is 0 Å². The first-order chi connectivity index (χ1) is 15.1. The molecule has 0 aliphatic heterocycles. The van der Waals surface area contributed by atoms with Gasteiger partial charge in [0.15, 0.2) is 6.10 Å². The number of aliphatic hydroxyl groups is 1. The highest BCUT2D eigenvalue weighted by atomic mass is 19.1. The van der Waals surface area contributed by atoms with Crippen LogP contribution in [0.4, 0.5) is 24.7 Å². The van der Waals surface area contributed by atoms with Crippen molar-refractivity contribution in [2.75, 3.05) is 11.1 Å². The van der Waals surface area contributed by atoms with Gasteiger partial charge in [0.1, 0.15) is 34.7 Å². The largest absolute Gasteiger partial charge is 0.383 e. The number of hydrogen-bond donors (Lipinski definition) is 3. The van der Waals surface area contributed by atoms with Crippen molar-refractivity contribution in [3.63, 3.8) is 0 Å². The summed E-state index contributed by atoms with van der Waals surface area (Å²) < 4.78 is 43.4. The van der Waals surface area contributed by atoms with Crippen LogP contribution in [0, 0.1) is 24.4 Å². The van der Waals surface area contributed by atoms with Gasteiger partial charge in [-0.2, -0.15) is 0 Å². The number of nitrogens with one attached hydrogen (secondary N) is 1. The maximum absolute atomic E-state index is 15.0. The molecule has 1 unspecified atom stereocenters. The van der Waals surface area contributed by atoms with E-state index in [0.29, 0.717) is 28.5 Å². The summed E-state index contributed by atoms with van der Waals surface area (Å²) in [5.74, 6) is -2.81. The van der Waals surface area contributed by atoms with Gasteiger partial charge in [0.05, 0.1) is 5.39 Å². The third kappa shape index (κ3) is 3.87. The summed E-state index contributed by atoms with van der Waals surface area (Å²) in [4.78, 5) is 20.8. The molecule has 2 aromatic carbocycles. The van der Waals surface area contributed by atoms with E-state index in [0.717, 1.165) is 18.2 Å². The average molecular weight is 441 g/mol. The zero-order valence-electron chi connectivity index (χ0n) is 17.0. The van der Waals surface area contributed by atoms with Gasteiger partial charge < -0.3 is 20.7 Å². The van der Waals surface area contributed by atoms with Crippen molar-refractivity contribution in [1.29, 1.82) is 0 Å². The molecule has 164 valence electrons. The summed E-state index contributed by atoms with van der Waals surface area (Å²) in [6.07, 6.45) is -0.171. The van der Waals surface area contributed by atoms with Crippen molar-refractivity contribution >= 4 is 28.4 Å². The molecule has 2 heterocycles. The maximum atomic E-state index is 15.0. The van der Waals surface area contributed by atoms with Crippen LogP contribution in [0.25, 0.3) is 22.2 Å². The topological polar surface area (TPSA) is 106 Å². The van der Waals surface area contributed by atoms with Crippen LogP contribution in [0.3, 0.4) is 0 Å². The molecule has 1 amide bonds. The van der Waals surface area contributed by atoms with E-state index in [2.05, 4.69) is 15.3 Å². The second-order valence-corrected chi connectivity index (χ2v) is 7.30. The van der Waals surface area contributed by atoms with Gasteiger partial charge in [-0.25, -0.2) is 23.1 Å². The lowest BCUT2D eigenvalue weighted by atomic mass is 10.0. The molecule has 0 aliphatic carbocycles. The van der Waals surface area contributed by atoms with E-state index in [-0.39, 0.29) is 22.6 Å². The highest BCUT2D eigenvalue weighted by Crippen LogP contribution is 2.35. The first-order valence-electron chi connectivity index (χ1n) is 9.48. The monoisotopic (exact) mass is 441 g/mol. The molecule has 0 saturated carbocycles. The molecule has 1 atom stereocenters. The van der Waals surface area contributed by atoms with Crippen LogP contribution in [-0.4, -0.2) is 25.5 Å². The lowest BCUT2D eigenvalue weighted by molar-refractivity contribution is -0.124. The Hall–Kier alpha value is -3.92. The molecule has 0 spiro atoms. The molecule has 10 heteroatoms. The molecule has 0 aliphatic rings. The Kier molecular flexibility index (Phi) is 5.31. The van der Waals surface area contributed by atoms with Gasteiger partial charge in [0.25, 0.3) is 5.91 Å². The van der Waals surface area contributed by atoms with Gasteiger partial charge in [-0.1, -0.05) is 0 Å². The Bertz CT molecular complexity index is 1350. The van der Waals surface area contributed by atoms with Crippen molar-refractivity contribution in [2.24, 2.45) is 7.05 Å². The lowest BCUT2D eigenvalue weighted by Crippen LogP contribution is -2.21. The first kappa shape index (κ1) is 21.3. The van der Waals surface area contributed by atoms with Crippen molar-refractivity contribution in [2.45, 2.75) is 13.0 Å². The summed E-state index contributed by atoms with van der Waals surface area (Å²) >= 11 is 0. The van der Waals surface area contributed by atoms with Gasteiger partial charge in [0, 0.05) is 36.1 Å². The number of benzene rings is 2. The van der Waals surface area contributed by atoms with Crippen LogP contribution in [0.5, 0.6) is 0 Å². The molecule has 4 rings (SSSR count). The number of halogens is 3. The Morgan fingerprint density at radius 1 is 1.09 bits per heavy atom. The summed E-state index contributed by atoms with van der Waals surface area (Å²) in [5, 5.41) is 12.9. The number of hydrogen-bond acceptors (Lipinski definition) is 5. The minimum atomic E-state index is -1.85. The zero-order valence-corrected chi connectivity index (χ0v) is 17.0. The Morgan fingerprint density at radius 2 is 1.78 bits per heavy atom. The van der Waals surface area contributed by atoms with Crippen LogP contribution < -0.4 is 11.1 Å². The predicted molar refractivity (Wildman–Crippen MR) is 113 cm³/mol. The highest BCUT2D eigenvalue weighted by Gasteiger charge is 2.21. The highest BCUT2D eigenvalue weighted by molar-refractivity contribution is 6.01. The van der Waals surface area contributed by atoms with Gasteiger partial charge in [0.2, 0.25) is 0 Å². The molecule has 32 heavy (non-hydrogen) atoms. The molecule has 0 bridgehead atoms. The van der Waals surface area contributed by atoms with Crippen LogP contribution in [-0.2, 0) is 11.8 Å². The van der Waals surface area contributed by atoms with Crippen molar-refractivity contribution in [1.82, 2.24) is 14.5 Å². The normalized spacial score (nSPS) is 12.2. The smallest absolute Gasteiger partial charge is 0.257 e. The number of amides is 1. The minimum Gasteiger partial charge on any atom is -0.383 e. The number of fused-ring (bicyclic) bond motifs is 1. The van der Waals surface area contributed by atoms with Gasteiger partial charge in [-0.05, 0) is 42.8 Å². The molecule has 7 nitrogen and oxygen atoms in total. The average Bonchev–Trinajstić information content (AvgIpc) is 3.03. The lowest BCUT2D eigenvalue weighted by Gasteiger charge is -2.13. The summed E-state index contributed by atoms with van der Waals surface area (Å²) in [6.45, 7) is 1.70. The molecular weight excluding hydrogens is 423 g/mol. The molecule has 4 aromatic rings. The van der Waals surface area contributed by atoms with E-state index in [1.807, 2.05) is 0 Å². The van der Waals surface area contributed by atoms with E-state index in [9.17, 15) is 23.1 Å². The number of rotatable bonds is 4. The van der Waals surface area contributed by atoms with E-state index >= 15 is 0 Å². The number of aliphatic hydroxyl groups excluding tert-OH is 1. The fraction of sp³-hybridized carbons (Fsp3) is 0.136. The number of nitrogen functional groups attached to an aromatic ring is 1. The second-order valence-electron chi connectivity index (χ2n) is 7.30. The molecule has 2 aromatic heterocycles. The van der Waals surface area contributed by atoms with Gasteiger partial charge in [-0.3, -0.25) is 4.79 Å². The number of carbonyl (C=O) groups excluding carboxylic acids is 1. The second kappa shape index (κ2) is 7.97. The van der Waals surface area contributed by atoms with Crippen molar-refractivity contribution < 1.29 is 23.1 Å². The molecule has 0 radical (unpaired) electrons. The van der Waals surface area contributed by atoms with E-state index in [4.69, 9.17) is 5.73 Å². The fourth-order valence-corrected chi connectivity index (χ4v) is 3.52. The third-order valence-corrected chi connectivity index (χ3v) is 4.93. The number of aromatic nitrogens is 3. The summed E-state index contributed by atoms with van der Waals surface area (Å²) in [7, 11) is 1.75. The number of aryl methyl sites for hydroxylation is 2. The molecule has 0 fully saturated rings. The van der Waals surface area contributed by atoms with Crippen LogP contribution in [0.2, 0.25) is 0 Å².